The van der Waals surface area contributed by atoms with E-state index >= 15 is 0 Å². The normalized spacial score (nSPS) is 11.2. The molecule has 0 aliphatic heterocycles. The maximum absolute atomic E-state index is 12.1. The van der Waals surface area contributed by atoms with Gasteiger partial charge in [-0.15, -0.1) is 0 Å². The zero-order chi connectivity index (χ0) is 15.2. The highest BCUT2D eigenvalue weighted by molar-refractivity contribution is 5.74. The van der Waals surface area contributed by atoms with Gasteiger partial charge in [-0.25, -0.2) is 4.79 Å². The van der Waals surface area contributed by atoms with E-state index in [0.29, 0.717) is 24.2 Å². The predicted molar refractivity (Wildman–Crippen MR) is 71.0 cm³/mol. The van der Waals surface area contributed by atoms with Gasteiger partial charge in [-0.05, 0) is 18.1 Å². The molecule has 0 radical (unpaired) electrons. The molecule has 1 aromatic carbocycles. The molecule has 0 fully saturated rings. The van der Waals surface area contributed by atoms with Crippen LogP contribution in [0.2, 0.25) is 0 Å². The minimum Gasteiger partial charge on any atom is -0.398 e. The van der Waals surface area contributed by atoms with Crippen LogP contribution in [-0.2, 0) is 6.54 Å². The minimum absolute atomic E-state index is 0.185. The van der Waals surface area contributed by atoms with Gasteiger partial charge in [-0.2, -0.15) is 13.2 Å². The van der Waals surface area contributed by atoms with Gasteiger partial charge in [0.15, 0.2) is 0 Å². The second-order valence-electron chi connectivity index (χ2n) is 4.39. The molecule has 0 aliphatic rings. The Labute approximate surface area is 115 Å². The van der Waals surface area contributed by atoms with Crippen LogP contribution in [-0.4, -0.2) is 30.2 Å². The number of halogens is 3. The maximum Gasteiger partial charge on any atom is 0.405 e. The molecular weight excluding hydrogens is 271 g/mol. The predicted octanol–water partition coefficient (Wildman–Crippen LogP) is 2.75. The number of alkyl halides is 3. The Hall–Kier alpha value is -1.92. The first-order chi connectivity index (χ1) is 9.33. The van der Waals surface area contributed by atoms with Crippen molar-refractivity contribution < 1.29 is 18.0 Å². The summed E-state index contributed by atoms with van der Waals surface area (Å²) in [5, 5.41) is 1.87. The van der Waals surface area contributed by atoms with Crippen molar-refractivity contribution >= 4 is 11.7 Å². The molecule has 0 unspecified atom stereocenters. The number of anilines is 1. The summed E-state index contributed by atoms with van der Waals surface area (Å²) in [7, 11) is 0. The van der Waals surface area contributed by atoms with Gasteiger partial charge >= 0.3 is 12.2 Å². The van der Waals surface area contributed by atoms with Crippen LogP contribution in [0.15, 0.2) is 24.3 Å². The summed E-state index contributed by atoms with van der Waals surface area (Å²) >= 11 is 0. The number of amides is 2. The summed E-state index contributed by atoms with van der Waals surface area (Å²) in [6.07, 6.45) is -3.77. The molecule has 0 saturated heterocycles. The molecule has 0 heterocycles. The molecule has 7 heteroatoms. The number of urea groups is 1. The average Bonchev–Trinajstić information content (AvgIpc) is 2.37. The van der Waals surface area contributed by atoms with E-state index in [0.717, 1.165) is 0 Å². The number of rotatable bonds is 5. The quantitative estimate of drug-likeness (QED) is 0.819. The topological polar surface area (TPSA) is 58.4 Å². The second kappa shape index (κ2) is 7.02. The largest absolute Gasteiger partial charge is 0.405 e. The van der Waals surface area contributed by atoms with Gasteiger partial charge in [-0.1, -0.05) is 25.1 Å². The van der Waals surface area contributed by atoms with E-state index in [-0.39, 0.29) is 6.54 Å². The summed E-state index contributed by atoms with van der Waals surface area (Å²) in [5.74, 6) is 0. The molecule has 0 spiro atoms. The van der Waals surface area contributed by atoms with Crippen LogP contribution in [0.3, 0.4) is 0 Å². The van der Waals surface area contributed by atoms with E-state index in [1.807, 2.05) is 12.2 Å². The van der Waals surface area contributed by atoms with Crippen molar-refractivity contribution in [1.82, 2.24) is 10.2 Å². The lowest BCUT2D eigenvalue weighted by atomic mass is 10.1. The number of nitrogen functional groups attached to an aromatic ring is 1. The Balaban J connectivity index is 2.69. The van der Waals surface area contributed by atoms with Gasteiger partial charge in [0.1, 0.15) is 6.54 Å². The first-order valence-corrected chi connectivity index (χ1v) is 6.26. The number of para-hydroxylation sites is 1. The number of hydrogen-bond acceptors (Lipinski definition) is 2. The SMILES string of the molecule is CCCN(Cc1ccccc1N)C(=O)NCC(F)(F)F. The van der Waals surface area contributed by atoms with Crippen LogP contribution < -0.4 is 11.1 Å². The van der Waals surface area contributed by atoms with Crippen molar-refractivity contribution in [1.29, 1.82) is 0 Å². The zero-order valence-electron chi connectivity index (χ0n) is 11.2. The fourth-order valence-electron chi connectivity index (χ4n) is 1.69. The number of nitrogens with one attached hydrogen (secondary N) is 1. The van der Waals surface area contributed by atoms with Crippen molar-refractivity contribution in [3.8, 4) is 0 Å². The third kappa shape index (κ3) is 5.38. The smallest absolute Gasteiger partial charge is 0.398 e. The van der Waals surface area contributed by atoms with E-state index in [2.05, 4.69) is 0 Å². The van der Waals surface area contributed by atoms with Crippen LogP contribution in [0.5, 0.6) is 0 Å². The highest BCUT2D eigenvalue weighted by atomic mass is 19.4. The van der Waals surface area contributed by atoms with Gasteiger partial charge in [0.2, 0.25) is 0 Å². The third-order valence-electron chi connectivity index (χ3n) is 2.64. The van der Waals surface area contributed by atoms with Crippen LogP contribution in [0.1, 0.15) is 18.9 Å². The van der Waals surface area contributed by atoms with Crippen LogP contribution in [0.4, 0.5) is 23.7 Å². The molecular formula is C13H18F3N3O. The van der Waals surface area contributed by atoms with Crippen molar-refractivity contribution in [2.24, 2.45) is 0 Å². The molecule has 3 N–H and O–H groups in total. The molecule has 0 saturated carbocycles. The monoisotopic (exact) mass is 289 g/mol. The first-order valence-electron chi connectivity index (χ1n) is 6.26. The second-order valence-corrected chi connectivity index (χ2v) is 4.39. The summed E-state index contributed by atoms with van der Waals surface area (Å²) in [6, 6.07) is 6.21. The Morgan fingerprint density at radius 1 is 1.35 bits per heavy atom. The number of nitrogens with two attached hydrogens (primary N) is 1. The van der Waals surface area contributed by atoms with Gasteiger partial charge in [0.05, 0.1) is 0 Å². The van der Waals surface area contributed by atoms with Crippen molar-refractivity contribution in [3.05, 3.63) is 29.8 Å². The Morgan fingerprint density at radius 3 is 2.55 bits per heavy atom. The number of nitrogens with zero attached hydrogens (tertiary/aromatic N) is 1. The highest BCUT2D eigenvalue weighted by Gasteiger charge is 2.28. The van der Waals surface area contributed by atoms with E-state index in [9.17, 15) is 18.0 Å². The molecule has 0 bridgehead atoms. The third-order valence-corrected chi connectivity index (χ3v) is 2.64. The van der Waals surface area contributed by atoms with E-state index in [1.165, 1.54) is 4.90 Å². The first kappa shape index (κ1) is 16.1. The van der Waals surface area contributed by atoms with Crippen molar-refractivity contribution in [3.63, 3.8) is 0 Å². The number of carbonyl (C=O) groups is 1. The van der Waals surface area contributed by atoms with Crippen molar-refractivity contribution in [2.75, 3.05) is 18.8 Å². The molecule has 2 amide bonds. The Bertz CT molecular complexity index is 449. The fraction of sp³-hybridized carbons (Fsp3) is 0.462. The van der Waals surface area contributed by atoms with Gasteiger partial charge in [0, 0.05) is 18.8 Å². The van der Waals surface area contributed by atoms with Crippen LogP contribution in [0.25, 0.3) is 0 Å². The molecule has 0 atom stereocenters. The Kier molecular flexibility index (Phi) is 5.66. The standard InChI is InChI=1S/C13H18F3N3O/c1-2-7-19(12(20)18-9-13(14,15)16)8-10-5-3-4-6-11(10)17/h3-6H,2,7-9,17H2,1H3,(H,18,20). The molecule has 0 aliphatic carbocycles. The summed E-state index contributed by atoms with van der Waals surface area (Å²) in [4.78, 5) is 13.1. The Morgan fingerprint density at radius 2 is 2.00 bits per heavy atom. The summed E-state index contributed by atoms with van der Waals surface area (Å²) in [6.45, 7) is 1.05. The minimum atomic E-state index is -4.42. The maximum atomic E-state index is 12.1. The fourth-order valence-corrected chi connectivity index (χ4v) is 1.69. The molecule has 20 heavy (non-hydrogen) atoms. The molecule has 4 nitrogen and oxygen atoms in total. The van der Waals surface area contributed by atoms with Gasteiger partial charge < -0.3 is 16.0 Å². The number of carbonyl (C=O) groups excluding carboxylic acids is 1. The molecule has 1 rings (SSSR count). The van der Waals surface area contributed by atoms with Crippen LogP contribution in [0, 0.1) is 0 Å². The summed E-state index contributed by atoms with van der Waals surface area (Å²) < 4.78 is 36.3. The van der Waals surface area contributed by atoms with Crippen molar-refractivity contribution in [2.45, 2.75) is 26.1 Å². The van der Waals surface area contributed by atoms with Crippen LogP contribution >= 0.6 is 0 Å². The van der Waals surface area contributed by atoms with E-state index in [1.54, 1.807) is 24.3 Å². The van der Waals surface area contributed by atoms with E-state index in [4.69, 9.17) is 5.73 Å². The van der Waals surface area contributed by atoms with Gasteiger partial charge in [0.25, 0.3) is 0 Å². The molecule has 112 valence electrons. The lowest BCUT2D eigenvalue weighted by Crippen LogP contribution is -2.43. The highest BCUT2D eigenvalue weighted by Crippen LogP contribution is 2.15. The zero-order valence-corrected chi connectivity index (χ0v) is 11.2. The molecule has 0 aromatic heterocycles. The summed E-state index contributed by atoms with van der Waals surface area (Å²) in [5.41, 5.74) is 6.99. The van der Waals surface area contributed by atoms with E-state index < -0.39 is 18.8 Å². The number of benzene rings is 1. The van der Waals surface area contributed by atoms with Gasteiger partial charge in [-0.3, -0.25) is 0 Å². The average molecular weight is 289 g/mol. The lowest BCUT2D eigenvalue weighted by molar-refractivity contribution is -0.123. The molecule has 1 aromatic rings. The number of hydrogen-bond donors (Lipinski definition) is 2. The lowest BCUT2D eigenvalue weighted by Gasteiger charge is -2.23.